The number of rotatable bonds is 5. The van der Waals surface area contributed by atoms with Gasteiger partial charge >= 0.3 is 5.97 Å². The van der Waals surface area contributed by atoms with E-state index in [4.69, 9.17) is 22.8 Å². The number of anilines is 1. The number of nitrogens with zero attached hydrogens (tertiary/aromatic N) is 1. The zero-order chi connectivity index (χ0) is 21.7. The van der Waals surface area contributed by atoms with Crippen LogP contribution in [0.5, 0.6) is 0 Å². The largest absolute Gasteiger partial charge is 0.466 e. The summed E-state index contributed by atoms with van der Waals surface area (Å²) >= 11 is 7.32. The molecular formula is C21H21ClFNO4S. The van der Waals surface area contributed by atoms with Crippen molar-refractivity contribution in [3.63, 3.8) is 0 Å². The number of ether oxygens (including phenoxy) is 1. The van der Waals surface area contributed by atoms with Gasteiger partial charge in [-0.1, -0.05) is 17.5 Å². The van der Waals surface area contributed by atoms with Crippen molar-refractivity contribution in [2.75, 3.05) is 12.0 Å². The first kappa shape index (κ1) is 23.0. The highest BCUT2D eigenvalue weighted by molar-refractivity contribution is 8.00. The number of methoxy groups -OCH3 is 1. The Bertz CT molecular complexity index is 922. The van der Waals surface area contributed by atoms with E-state index in [0.717, 1.165) is 24.3 Å². The Morgan fingerprint density at radius 2 is 1.90 bits per heavy atom. The van der Waals surface area contributed by atoms with Crippen molar-refractivity contribution in [1.82, 2.24) is 0 Å². The molecule has 0 saturated heterocycles. The van der Waals surface area contributed by atoms with E-state index in [9.17, 15) is 18.8 Å². The lowest BCUT2D eigenvalue weighted by atomic mass is 9.90. The Labute approximate surface area is 178 Å². The van der Waals surface area contributed by atoms with E-state index in [0.29, 0.717) is 24.2 Å². The summed E-state index contributed by atoms with van der Waals surface area (Å²) in [6, 6.07) is 2.37. The zero-order valence-electron chi connectivity index (χ0n) is 16.4. The minimum atomic E-state index is -0.827. The van der Waals surface area contributed by atoms with Crippen LogP contribution in [-0.2, 0) is 19.1 Å². The summed E-state index contributed by atoms with van der Waals surface area (Å²) in [5.41, 5.74) is 0.152. The molecule has 0 heterocycles. The fourth-order valence-corrected chi connectivity index (χ4v) is 4.14. The van der Waals surface area contributed by atoms with E-state index < -0.39 is 23.6 Å². The number of carbonyl (C=O) groups excluding carboxylic acids is 3. The van der Waals surface area contributed by atoms with Crippen LogP contribution in [-0.4, -0.2) is 30.1 Å². The molecule has 1 aromatic rings. The lowest BCUT2D eigenvalue weighted by Gasteiger charge is -2.25. The quantitative estimate of drug-likeness (QED) is 0.385. The Morgan fingerprint density at radius 3 is 2.45 bits per heavy atom. The lowest BCUT2D eigenvalue weighted by Crippen LogP contribution is -2.38. The summed E-state index contributed by atoms with van der Waals surface area (Å²) in [4.78, 5) is 38.8. The van der Waals surface area contributed by atoms with Crippen molar-refractivity contribution in [3.8, 4) is 12.3 Å². The standard InChI is InChI=1S/C21H21ClFNO4S/c1-5-12(2)29-19-11-18(17(23)10-16(19)22)24(13(3)25)20(26)14-8-6-7-9-15(14)21(27)28-4/h1,10-12H,6-9H2,2-4H3. The summed E-state index contributed by atoms with van der Waals surface area (Å²) in [5.74, 6) is -0.332. The molecule has 154 valence electrons. The monoisotopic (exact) mass is 437 g/mol. The van der Waals surface area contributed by atoms with E-state index in [1.165, 1.54) is 24.9 Å². The Morgan fingerprint density at radius 1 is 1.28 bits per heavy atom. The number of hydrogen-bond donors (Lipinski definition) is 0. The molecule has 0 spiro atoms. The highest BCUT2D eigenvalue weighted by Gasteiger charge is 2.32. The molecule has 1 unspecified atom stereocenters. The topological polar surface area (TPSA) is 63.7 Å². The minimum absolute atomic E-state index is 0.126. The SMILES string of the molecule is C#CC(C)Sc1cc(N(C(C)=O)C(=O)C2=C(C(=O)OC)CCCC2)c(F)cc1Cl. The van der Waals surface area contributed by atoms with E-state index in [1.807, 2.05) is 0 Å². The van der Waals surface area contributed by atoms with Crippen LogP contribution < -0.4 is 4.90 Å². The average molecular weight is 438 g/mol. The zero-order valence-corrected chi connectivity index (χ0v) is 18.0. The van der Waals surface area contributed by atoms with Crippen LogP contribution >= 0.6 is 23.4 Å². The van der Waals surface area contributed by atoms with Gasteiger partial charge in [-0.3, -0.25) is 9.59 Å². The molecule has 29 heavy (non-hydrogen) atoms. The molecule has 0 saturated carbocycles. The first-order valence-corrected chi connectivity index (χ1v) is 10.2. The van der Waals surface area contributed by atoms with Crippen molar-refractivity contribution in [2.45, 2.75) is 49.7 Å². The van der Waals surface area contributed by atoms with Crippen LogP contribution in [0.25, 0.3) is 0 Å². The van der Waals surface area contributed by atoms with Crippen LogP contribution in [0.3, 0.4) is 0 Å². The maximum atomic E-state index is 14.7. The van der Waals surface area contributed by atoms with Gasteiger partial charge in [0.25, 0.3) is 5.91 Å². The van der Waals surface area contributed by atoms with Gasteiger partial charge < -0.3 is 4.74 Å². The normalized spacial score (nSPS) is 14.8. The second kappa shape index (κ2) is 9.95. The molecule has 0 aliphatic heterocycles. The van der Waals surface area contributed by atoms with E-state index >= 15 is 0 Å². The van der Waals surface area contributed by atoms with Crippen LogP contribution in [0.15, 0.2) is 28.2 Å². The second-order valence-corrected chi connectivity index (χ2v) is 8.27. The third-order valence-electron chi connectivity index (χ3n) is 4.46. The van der Waals surface area contributed by atoms with Gasteiger partial charge in [0.05, 0.1) is 23.1 Å². The van der Waals surface area contributed by atoms with E-state index in [2.05, 4.69) is 5.92 Å². The second-order valence-electron chi connectivity index (χ2n) is 6.48. The number of amides is 2. The van der Waals surface area contributed by atoms with Gasteiger partial charge in [0.2, 0.25) is 5.91 Å². The predicted octanol–water partition coefficient (Wildman–Crippen LogP) is 4.52. The van der Waals surface area contributed by atoms with Crippen LogP contribution in [0, 0.1) is 18.2 Å². The Hall–Kier alpha value is -2.30. The number of benzene rings is 1. The molecule has 8 heteroatoms. The summed E-state index contributed by atoms with van der Waals surface area (Å²) in [5, 5.41) is -0.124. The molecule has 0 aromatic heterocycles. The molecule has 1 aliphatic carbocycles. The van der Waals surface area contributed by atoms with Gasteiger partial charge in [-0.05, 0) is 44.7 Å². The Kier molecular flexibility index (Phi) is 7.88. The summed E-state index contributed by atoms with van der Waals surface area (Å²) < 4.78 is 19.5. The smallest absolute Gasteiger partial charge is 0.334 e. The molecule has 5 nitrogen and oxygen atoms in total. The van der Waals surface area contributed by atoms with E-state index in [-0.39, 0.29) is 27.1 Å². The van der Waals surface area contributed by atoms with Crippen molar-refractivity contribution in [3.05, 3.63) is 34.1 Å². The molecule has 0 bridgehead atoms. The summed E-state index contributed by atoms with van der Waals surface area (Å²) in [6.07, 6.45) is 7.46. The number of hydrogen-bond acceptors (Lipinski definition) is 5. The van der Waals surface area contributed by atoms with Gasteiger partial charge in [0.1, 0.15) is 5.82 Å². The van der Waals surface area contributed by atoms with Crippen LogP contribution in [0.2, 0.25) is 5.02 Å². The van der Waals surface area contributed by atoms with Crippen molar-refractivity contribution >= 4 is 46.8 Å². The highest BCUT2D eigenvalue weighted by atomic mass is 35.5. The molecule has 1 atom stereocenters. The van der Waals surface area contributed by atoms with Crippen molar-refractivity contribution < 1.29 is 23.5 Å². The maximum Gasteiger partial charge on any atom is 0.334 e. The molecule has 0 fully saturated rings. The molecule has 1 aliphatic rings. The van der Waals surface area contributed by atoms with Crippen LogP contribution in [0.4, 0.5) is 10.1 Å². The van der Waals surface area contributed by atoms with Gasteiger partial charge in [-0.2, -0.15) is 0 Å². The lowest BCUT2D eigenvalue weighted by molar-refractivity contribution is -0.137. The van der Waals surface area contributed by atoms with Gasteiger partial charge in [0.15, 0.2) is 0 Å². The first-order chi connectivity index (χ1) is 13.7. The van der Waals surface area contributed by atoms with Gasteiger partial charge in [-0.25, -0.2) is 14.1 Å². The fraction of sp³-hybridized carbons (Fsp3) is 0.381. The molecule has 2 amide bonds. The van der Waals surface area contributed by atoms with Crippen molar-refractivity contribution in [1.29, 1.82) is 0 Å². The summed E-state index contributed by atoms with van der Waals surface area (Å²) in [7, 11) is 1.23. The molecule has 1 aromatic carbocycles. The Balaban J connectivity index is 2.57. The van der Waals surface area contributed by atoms with Gasteiger partial charge in [0, 0.05) is 23.0 Å². The number of esters is 1. The van der Waals surface area contributed by atoms with Gasteiger partial charge in [-0.15, -0.1) is 18.2 Å². The first-order valence-electron chi connectivity index (χ1n) is 8.98. The number of terminal acetylenes is 1. The van der Waals surface area contributed by atoms with Crippen LogP contribution in [0.1, 0.15) is 39.5 Å². The average Bonchev–Trinajstić information content (AvgIpc) is 2.70. The van der Waals surface area contributed by atoms with E-state index in [1.54, 1.807) is 6.92 Å². The van der Waals surface area contributed by atoms with Crippen molar-refractivity contribution in [2.24, 2.45) is 0 Å². The fourth-order valence-electron chi connectivity index (χ4n) is 3.05. The maximum absolute atomic E-state index is 14.7. The number of thioether (sulfide) groups is 1. The number of halogens is 2. The third kappa shape index (κ3) is 5.20. The third-order valence-corrected chi connectivity index (χ3v) is 5.96. The number of carbonyl (C=O) groups is 3. The summed E-state index contributed by atoms with van der Waals surface area (Å²) in [6.45, 7) is 2.93. The molecule has 0 radical (unpaired) electrons. The molecule has 2 rings (SSSR count). The minimum Gasteiger partial charge on any atom is -0.466 e. The number of imide groups is 1. The molecule has 0 N–H and O–H groups in total. The highest BCUT2D eigenvalue weighted by Crippen LogP contribution is 2.37. The molecular weight excluding hydrogens is 417 g/mol. The predicted molar refractivity (Wildman–Crippen MR) is 111 cm³/mol.